The van der Waals surface area contributed by atoms with Gasteiger partial charge in [0, 0.05) is 16.8 Å². The zero-order valence-electron chi connectivity index (χ0n) is 10.9. The van der Waals surface area contributed by atoms with E-state index in [9.17, 15) is 4.79 Å². The highest BCUT2D eigenvalue weighted by Gasteiger charge is 2.40. The van der Waals surface area contributed by atoms with E-state index in [1.54, 1.807) is 11.3 Å². The maximum atomic E-state index is 11.9. The summed E-state index contributed by atoms with van der Waals surface area (Å²) in [5.74, 6) is 0.00776. The van der Waals surface area contributed by atoms with Crippen LogP contribution in [0.3, 0.4) is 0 Å². The quantitative estimate of drug-likeness (QED) is 0.894. The summed E-state index contributed by atoms with van der Waals surface area (Å²) >= 11 is 1.73. The van der Waals surface area contributed by atoms with E-state index in [1.807, 2.05) is 6.07 Å². The Hall–Kier alpha value is -0.580. The van der Waals surface area contributed by atoms with Crippen molar-refractivity contribution in [3.05, 3.63) is 22.4 Å². The van der Waals surface area contributed by atoms with Crippen molar-refractivity contribution in [2.24, 2.45) is 5.73 Å². The summed E-state index contributed by atoms with van der Waals surface area (Å²) in [4.78, 5) is 13.2. The standard InChI is InChI=1S/C13H20N2OS.ClH/c1-12(2,10-5-3-8-17-10)9-15-11(16)13(14)6-4-7-13;/h3,5,8H,4,6-7,9,14H2,1-2H3,(H,15,16);1H. The Bertz CT molecular complexity index is 399. The predicted octanol–water partition coefficient (Wildman–Crippen LogP) is 2.45. The summed E-state index contributed by atoms with van der Waals surface area (Å²) < 4.78 is 0. The molecule has 0 aliphatic heterocycles. The van der Waals surface area contributed by atoms with Crippen molar-refractivity contribution in [3.63, 3.8) is 0 Å². The molecule has 2 rings (SSSR count). The second-order valence-electron chi connectivity index (χ2n) is 5.55. The molecule has 0 spiro atoms. The number of carbonyl (C=O) groups is 1. The van der Waals surface area contributed by atoms with Crippen molar-refractivity contribution in [1.29, 1.82) is 0 Å². The first kappa shape index (κ1) is 15.5. The van der Waals surface area contributed by atoms with Crippen LogP contribution in [-0.4, -0.2) is 18.0 Å². The van der Waals surface area contributed by atoms with Gasteiger partial charge < -0.3 is 11.1 Å². The molecule has 1 aromatic heterocycles. The van der Waals surface area contributed by atoms with Gasteiger partial charge in [-0.2, -0.15) is 0 Å². The van der Waals surface area contributed by atoms with Crippen LogP contribution in [0.4, 0.5) is 0 Å². The maximum absolute atomic E-state index is 11.9. The zero-order chi connectivity index (χ0) is 12.5. The molecule has 0 radical (unpaired) electrons. The number of nitrogens with one attached hydrogen (secondary N) is 1. The predicted molar refractivity (Wildman–Crippen MR) is 78.4 cm³/mol. The molecule has 0 bridgehead atoms. The SMILES string of the molecule is CC(C)(CNC(=O)C1(N)CCC1)c1cccs1.Cl. The second kappa shape index (κ2) is 5.59. The first-order chi connectivity index (χ1) is 7.94. The monoisotopic (exact) mass is 288 g/mol. The van der Waals surface area contributed by atoms with Gasteiger partial charge in [-0.05, 0) is 30.7 Å². The van der Waals surface area contributed by atoms with Crippen molar-refractivity contribution in [2.75, 3.05) is 6.54 Å². The van der Waals surface area contributed by atoms with Crippen molar-refractivity contribution in [3.8, 4) is 0 Å². The number of thiophene rings is 1. The molecule has 18 heavy (non-hydrogen) atoms. The Balaban J connectivity index is 0.00000162. The Morgan fingerprint density at radius 1 is 1.56 bits per heavy atom. The number of nitrogens with two attached hydrogens (primary N) is 1. The molecule has 1 amide bonds. The van der Waals surface area contributed by atoms with E-state index in [4.69, 9.17) is 5.73 Å². The minimum absolute atomic E-state index is 0. The average molecular weight is 289 g/mol. The van der Waals surface area contributed by atoms with Gasteiger partial charge in [-0.15, -0.1) is 23.7 Å². The first-order valence-electron chi connectivity index (χ1n) is 6.05. The summed E-state index contributed by atoms with van der Waals surface area (Å²) in [6.07, 6.45) is 2.70. The van der Waals surface area contributed by atoms with E-state index in [-0.39, 0.29) is 23.7 Å². The van der Waals surface area contributed by atoms with Gasteiger partial charge in [0.2, 0.25) is 5.91 Å². The van der Waals surface area contributed by atoms with Gasteiger partial charge in [0.1, 0.15) is 0 Å². The average Bonchev–Trinajstić information content (AvgIpc) is 2.76. The Kier molecular flexibility index (Phi) is 4.81. The van der Waals surface area contributed by atoms with Gasteiger partial charge in [0.05, 0.1) is 5.54 Å². The lowest BCUT2D eigenvalue weighted by Crippen LogP contribution is -2.59. The highest BCUT2D eigenvalue weighted by molar-refractivity contribution is 7.10. The minimum atomic E-state index is -0.592. The van der Waals surface area contributed by atoms with Gasteiger partial charge in [-0.1, -0.05) is 19.9 Å². The van der Waals surface area contributed by atoms with Crippen LogP contribution in [0.2, 0.25) is 0 Å². The van der Waals surface area contributed by atoms with Gasteiger partial charge >= 0.3 is 0 Å². The molecule has 1 saturated carbocycles. The van der Waals surface area contributed by atoms with Gasteiger partial charge in [0.15, 0.2) is 0 Å². The molecule has 0 unspecified atom stereocenters. The van der Waals surface area contributed by atoms with Crippen LogP contribution in [0.1, 0.15) is 38.0 Å². The molecule has 1 aromatic rings. The molecule has 1 aliphatic rings. The minimum Gasteiger partial charge on any atom is -0.354 e. The lowest BCUT2D eigenvalue weighted by Gasteiger charge is -2.37. The molecule has 0 aromatic carbocycles. The van der Waals surface area contributed by atoms with Gasteiger partial charge in [-0.25, -0.2) is 0 Å². The first-order valence-corrected chi connectivity index (χ1v) is 6.93. The van der Waals surface area contributed by atoms with Crippen LogP contribution in [0.5, 0.6) is 0 Å². The summed E-state index contributed by atoms with van der Waals surface area (Å²) in [5, 5.41) is 5.06. The number of rotatable bonds is 4. The fraction of sp³-hybridized carbons (Fsp3) is 0.615. The largest absolute Gasteiger partial charge is 0.354 e. The third-order valence-electron chi connectivity index (χ3n) is 3.58. The van der Waals surface area contributed by atoms with Crippen molar-refractivity contribution in [1.82, 2.24) is 5.32 Å². The summed E-state index contributed by atoms with van der Waals surface area (Å²) in [7, 11) is 0. The van der Waals surface area contributed by atoms with E-state index >= 15 is 0 Å². The second-order valence-corrected chi connectivity index (χ2v) is 6.50. The van der Waals surface area contributed by atoms with Crippen molar-refractivity contribution >= 4 is 29.7 Å². The molecular weight excluding hydrogens is 268 g/mol. The molecule has 0 atom stereocenters. The lowest BCUT2D eigenvalue weighted by molar-refractivity contribution is -0.129. The van der Waals surface area contributed by atoms with Gasteiger partial charge in [0.25, 0.3) is 0 Å². The molecule has 0 saturated heterocycles. The normalized spacial score (nSPS) is 17.5. The Labute approximate surface area is 119 Å². The molecule has 1 heterocycles. The van der Waals surface area contributed by atoms with Crippen LogP contribution in [-0.2, 0) is 10.2 Å². The molecule has 5 heteroatoms. The van der Waals surface area contributed by atoms with Crippen LogP contribution < -0.4 is 11.1 Å². The number of halogens is 1. The fourth-order valence-corrected chi connectivity index (χ4v) is 2.86. The highest BCUT2D eigenvalue weighted by atomic mass is 35.5. The zero-order valence-corrected chi connectivity index (χ0v) is 12.5. The molecular formula is C13H21ClN2OS. The van der Waals surface area contributed by atoms with Crippen LogP contribution in [0.25, 0.3) is 0 Å². The molecule has 3 N–H and O–H groups in total. The summed E-state index contributed by atoms with van der Waals surface area (Å²) in [6, 6.07) is 4.15. The summed E-state index contributed by atoms with van der Waals surface area (Å²) in [5.41, 5.74) is 5.37. The van der Waals surface area contributed by atoms with Gasteiger partial charge in [-0.3, -0.25) is 4.79 Å². The molecule has 1 aliphatic carbocycles. The smallest absolute Gasteiger partial charge is 0.240 e. The molecule has 1 fully saturated rings. The Morgan fingerprint density at radius 3 is 2.67 bits per heavy atom. The van der Waals surface area contributed by atoms with Crippen LogP contribution >= 0.6 is 23.7 Å². The Morgan fingerprint density at radius 2 is 2.22 bits per heavy atom. The van der Waals surface area contributed by atoms with E-state index in [0.717, 1.165) is 19.3 Å². The van der Waals surface area contributed by atoms with E-state index < -0.39 is 5.54 Å². The lowest BCUT2D eigenvalue weighted by atomic mass is 9.77. The molecule has 102 valence electrons. The number of amides is 1. The third kappa shape index (κ3) is 3.05. The van der Waals surface area contributed by atoms with E-state index in [2.05, 4.69) is 30.6 Å². The fourth-order valence-electron chi connectivity index (χ4n) is 2.01. The number of hydrogen-bond acceptors (Lipinski definition) is 3. The number of hydrogen-bond donors (Lipinski definition) is 2. The third-order valence-corrected chi connectivity index (χ3v) is 4.81. The van der Waals surface area contributed by atoms with Crippen LogP contribution in [0, 0.1) is 0 Å². The van der Waals surface area contributed by atoms with Crippen molar-refractivity contribution < 1.29 is 4.79 Å². The van der Waals surface area contributed by atoms with E-state index in [0.29, 0.717) is 6.54 Å². The van der Waals surface area contributed by atoms with Crippen molar-refractivity contribution in [2.45, 2.75) is 44.1 Å². The van der Waals surface area contributed by atoms with Crippen LogP contribution in [0.15, 0.2) is 17.5 Å². The highest BCUT2D eigenvalue weighted by Crippen LogP contribution is 2.30. The topological polar surface area (TPSA) is 55.1 Å². The molecule has 3 nitrogen and oxygen atoms in total. The summed E-state index contributed by atoms with van der Waals surface area (Å²) in [6.45, 7) is 4.93. The maximum Gasteiger partial charge on any atom is 0.240 e. The number of carbonyl (C=O) groups excluding carboxylic acids is 1. The van der Waals surface area contributed by atoms with E-state index in [1.165, 1.54) is 4.88 Å².